The fraction of sp³-hybridized carbons (Fsp3) is 0.800. The first-order chi connectivity index (χ1) is 7.06. The molecule has 4 nitrogen and oxygen atoms in total. The van der Waals surface area contributed by atoms with Crippen molar-refractivity contribution < 1.29 is 9.59 Å². The van der Waals surface area contributed by atoms with E-state index in [4.69, 9.17) is 0 Å². The third-order valence-corrected chi connectivity index (χ3v) is 3.13. The van der Waals surface area contributed by atoms with Gasteiger partial charge in [0.05, 0.1) is 0 Å². The van der Waals surface area contributed by atoms with Crippen LogP contribution in [0.15, 0.2) is 0 Å². The summed E-state index contributed by atoms with van der Waals surface area (Å²) >= 11 is 1.67. The van der Waals surface area contributed by atoms with Gasteiger partial charge in [-0.1, -0.05) is 13.8 Å². The maximum atomic E-state index is 11.6. The molecule has 15 heavy (non-hydrogen) atoms. The molecule has 0 aromatic carbocycles. The lowest BCUT2D eigenvalue weighted by molar-refractivity contribution is -0.137. The van der Waals surface area contributed by atoms with Gasteiger partial charge in [-0.3, -0.25) is 9.59 Å². The Morgan fingerprint density at radius 1 is 1.27 bits per heavy atom. The van der Waals surface area contributed by atoms with Gasteiger partial charge in [-0.2, -0.15) is 11.8 Å². The SMILES string of the molecule is CSCC[C@H]1NC(=O)[C@H](C(C)C)NC1=O. The Morgan fingerprint density at radius 2 is 1.93 bits per heavy atom. The lowest BCUT2D eigenvalue weighted by Gasteiger charge is -2.31. The maximum Gasteiger partial charge on any atom is 0.243 e. The number of rotatable bonds is 4. The van der Waals surface area contributed by atoms with Crippen molar-refractivity contribution in [1.82, 2.24) is 10.6 Å². The summed E-state index contributed by atoms with van der Waals surface area (Å²) in [5.41, 5.74) is 0. The molecule has 0 aromatic heterocycles. The van der Waals surface area contributed by atoms with Gasteiger partial charge >= 0.3 is 0 Å². The van der Waals surface area contributed by atoms with Crippen molar-refractivity contribution in [3.05, 3.63) is 0 Å². The molecule has 1 heterocycles. The summed E-state index contributed by atoms with van der Waals surface area (Å²) < 4.78 is 0. The number of piperazine rings is 1. The number of carbonyl (C=O) groups is 2. The van der Waals surface area contributed by atoms with E-state index in [1.54, 1.807) is 11.8 Å². The van der Waals surface area contributed by atoms with E-state index in [9.17, 15) is 9.59 Å². The first-order valence-electron chi connectivity index (χ1n) is 5.16. The molecule has 0 bridgehead atoms. The summed E-state index contributed by atoms with van der Waals surface area (Å²) in [6, 6.07) is -0.719. The molecule has 1 rings (SSSR count). The van der Waals surface area contributed by atoms with Gasteiger partial charge in [0.1, 0.15) is 12.1 Å². The lowest BCUT2D eigenvalue weighted by Crippen LogP contribution is -2.63. The molecule has 86 valence electrons. The summed E-state index contributed by atoms with van der Waals surface area (Å²) in [6.45, 7) is 3.85. The van der Waals surface area contributed by atoms with Crippen molar-refractivity contribution in [2.75, 3.05) is 12.0 Å². The predicted octanol–water partition coefficient (Wildman–Crippen LogP) is 0.379. The second kappa shape index (κ2) is 5.39. The van der Waals surface area contributed by atoms with E-state index >= 15 is 0 Å². The minimum atomic E-state index is -0.372. The summed E-state index contributed by atoms with van der Waals surface area (Å²) in [6.07, 6.45) is 2.68. The Kier molecular flexibility index (Phi) is 4.45. The second-order valence-corrected chi connectivity index (χ2v) is 5.06. The molecule has 5 heteroatoms. The minimum Gasteiger partial charge on any atom is -0.342 e. The molecule has 0 aliphatic carbocycles. The molecule has 1 saturated heterocycles. The Hall–Kier alpha value is -0.710. The summed E-state index contributed by atoms with van der Waals surface area (Å²) in [4.78, 5) is 23.2. The molecule has 0 spiro atoms. The third kappa shape index (κ3) is 3.12. The monoisotopic (exact) mass is 230 g/mol. The van der Waals surface area contributed by atoms with E-state index in [1.807, 2.05) is 20.1 Å². The number of amides is 2. The van der Waals surface area contributed by atoms with Crippen LogP contribution < -0.4 is 10.6 Å². The van der Waals surface area contributed by atoms with Gasteiger partial charge in [0.15, 0.2) is 0 Å². The molecule has 2 atom stereocenters. The fourth-order valence-corrected chi connectivity index (χ4v) is 2.03. The van der Waals surface area contributed by atoms with Crippen molar-refractivity contribution in [2.45, 2.75) is 32.4 Å². The zero-order valence-electron chi connectivity index (χ0n) is 9.37. The first kappa shape index (κ1) is 12.4. The van der Waals surface area contributed by atoms with Crippen molar-refractivity contribution in [3.63, 3.8) is 0 Å². The van der Waals surface area contributed by atoms with Crippen LogP contribution >= 0.6 is 11.8 Å². The van der Waals surface area contributed by atoms with E-state index in [1.165, 1.54) is 0 Å². The smallest absolute Gasteiger partial charge is 0.243 e. The van der Waals surface area contributed by atoms with Crippen LogP contribution in [-0.4, -0.2) is 35.9 Å². The van der Waals surface area contributed by atoms with Crippen LogP contribution in [0.3, 0.4) is 0 Å². The Bertz CT molecular complexity index is 256. The molecule has 0 saturated carbocycles. The predicted molar refractivity (Wildman–Crippen MR) is 61.7 cm³/mol. The molecule has 0 radical (unpaired) electrons. The summed E-state index contributed by atoms with van der Waals surface area (Å²) in [7, 11) is 0. The first-order valence-corrected chi connectivity index (χ1v) is 6.55. The Balaban J connectivity index is 2.55. The molecule has 0 unspecified atom stereocenters. The zero-order valence-corrected chi connectivity index (χ0v) is 10.2. The summed E-state index contributed by atoms with van der Waals surface area (Å²) in [5, 5.41) is 5.53. The van der Waals surface area contributed by atoms with E-state index in [0.717, 1.165) is 5.75 Å². The van der Waals surface area contributed by atoms with Gasteiger partial charge < -0.3 is 10.6 Å². The zero-order chi connectivity index (χ0) is 11.4. The van der Waals surface area contributed by atoms with E-state index in [-0.39, 0.29) is 29.8 Å². The highest BCUT2D eigenvalue weighted by molar-refractivity contribution is 7.98. The maximum absolute atomic E-state index is 11.6. The molecule has 2 amide bonds. The topological polar surface area (TPSA) is 58.2 Å². The molecule has 1 aliphatic rings. The number of carbonyl (C=O) groups excluding carboxylic acids is 2. The second-order valence-electron chi connectivity index (χ2n) is 4.07. The number of thioether (sulfide) groups is 1. The van der Waals surface area contributed by atoms with Crippen LogP contribution in [0.2, 0.25) is 0 Å². The Morgan fingerprint density at radius 3 is 2.47 bits per heavy atom. The molecule has 0 aromatic rings. The molecular formula is C10H18N2O2S. The van der Waals surface area contributed by atoms with Crippen LogP contribution in [0.25, 0.3) is 0 Å². The van der Waals surface area contributed by atoms with Gasteiger partial charge in [-0.05, 0) is 24.3 Å². The van der Waals surface area contributed by atoms with Gasteiger partial charge in [0.2, 0.25) is 11.8 Å². The fourth-order valence-electron chi connectivity index (χ4n) is 1.55. The Labute approximate surface area is 94.6 Å². The van der Waals surface area contributed by atoms with Crippen molar-refractivity contribution >= 4 is 23.6 Å². The van der Waals surface area contributed by atoms with Crippen LogP contribution in [0.1, 0.15) is 20.3 Å². The van der Waals surface area contributed by atoms with E-state index in [2.05, 4.69) is 10.6 Å². The normalized spacial score (nSPS) is 26.4. The largest absolute Gasteiger partial charge is 0.342 e. The van der Waals surface area contributed by atoms with Gasteiger partial charge in [0, 0.05) is 0 Å². The van der Waals surface area contributed by atoms with Crippen LogP contribution in [0.4, 0.5) is 0 Å². The van der Waals surface area contributed by atoms with Gasteiger partial charge in [-0.25, -0.2) is 0 Å². The number of hydrogen-bond donors (Lipinski definition) is 2. The number of nitrogens with one attached hydrogen (secondary N) is 2. The highest BCUT2D eigenvalue weighted by Gasteiger charge is 2.34. The van der Waals surface area contributed by atoms with E-state index in [0.29, 0.717) is 6.42 Å². The molecule has 1 fully saturated rings. The van der Waals surface area contributed by atoms with Crippen LogP contribution in [-0.2, 0) is 9.59 Å². The van der Waals surface area contributed by atoms with E-state index < -0.39 is 0 Å². The van der Waals surface area contributed by atoms with Gasteiger partial charge in [-0.15, -0.1) is 0 Å². The van der Waals surface area contributed by atoms with Crippen molar-refractivity contribution in [2.24, 2.45) is 5.92 Å². The summed E-state index contributed by atoms with van der Waals surface area (Å²) in [5.74, 6) is 0.901. The van der Waals surface area contributed by atoms with Crippen LogP contribution in [0, 0.1) is 5.92 Å². The standard InChI is InChI=1S/C10H18N2O2S/c1-6(2)8-10(14)11-7(4-5-15-3)9(13)12-8/h6-8H,4-5H2,1-3H3,(H,11,14)(H,12,13)/t7-,8+/m1/s1. The molecule has 2 N–H and O–H groups in total. The highest BCUT2D eigenvalue weighted by atomic mass is 32.2. The minimum absolute atomic E-state index is 0.0534. The van der Waals surface area contributed by atoms with Crippen molar-refractivity contribution in [1.29, 1.82) is 0 Å². The number of hydrogen-bond acceptors (Lipinski definition) is 3. The third-order valence-electron chi connectivity index (χ3n) is 2.49. The van der Waals surface area contributed by atoms with Gasteiger partial charge in [0.25, 0.3) is 0 Å². The average Bonchev–Trinajstić information content (AvgIpc) is 2.18. The van der Waals surface area contributed by atoms with Crippen LogP contribution in [0.5, 0.6) is 0 Å². The molecule has 1 aliphatic heterocycles. The van der Waals surface area contributed by atoms with Crippen molar-refractivity contribution in [3.8, 4) is 0 Å². The lowest BCUT2D eigenvalue weighted by atomic mass is 9.99. The molecular weight excluding hydrogens is 212 g/mol. The average molecular weight is 230 g/mol. The highest BCUT2D eigenvalue weighted by Crippen LogP contribution is 2.10. The quantitative estimate of drug-likeness (QED) is 0.734.